The van der Waals surface area contributed by atoms with Crippen LogP contribution in [0.3, 0.4) is 0 Å². The van der Waals surface area contributed by atoms with Crippen molar-refractivity contribution in [1.82, 2.24) is 9.97 Å². The van der Waals surface area contributed by atoms with Gasteiger partial charge in [0.25, 0.3) is 5.91 Å². The fraction of sp³-hybridized carbons (Fsp3) is 0.0500. The fourth-order valence-electron chi connectivity index (χ4n) is 2.77. The van der Waals surface area contributed by atoms with E-state index in [4.69, 9.17) is 10.5 Å². The number of ether oxygens (including phenoxy) is 1. The molecule has 0 radical (unpaired) electrons. The molecule has 2 heterocycles. The molecule has 0 unspecified atom stereocenters. The predicted octanol–water partition coefficient (Wildman–Crippen LogP) is 4.31. The van der Waals surface area contributed by atoms with Crippen molar-refractivity contribution >= 4 is 27.5 Å². The van der Waals surface area contributed by atoms with Crippen LogP contribution in [0.4, 0.5) is 8.78 Å². The second-order valence-corrected chi connectivity index (χ2v) is 7.03. The van der Waals surface area contributed by atoms with E-state index in [1.807, 2.05) is 30.3 Å². The Bertz CT molecular complexity index is 1180. The molecule has 0 aliphatic rings. The molecule has 0 saturated carbocycles. The number of amides is 1. The first kappa shape index (κ1) is 18.0. The maximum atomic E-state index is 14.2. The molecule has 2 aromatic carbocycles. The summed E-state index contributed by atoms with van der Waals surface area (Å²) in [6, 6.07) is 11.8. The van der Waals surface area contributed by atoms with Gasteiger partial charge in [-0.2, -0.15) is 0 Å². The van der Waals surface area contributed by atoms with E-state index in [1.165, 1.54) is 11.3 Å². The van der Waals surface area contributed by atoms with Crippen molar-refractivity contribution in [3.8, 4) is 16.9 Å². The van der Waals surface area contributed by atoms with Gasteiger partial charge in [-0.05, 0) is 47.5 Å². The van der Waals surface area contributed by atoms with E-state index in [-0.39, 0.29) is 12.4 Å². The van der Waals surface area contributed by atoms with E-state index in [1.54, 1.807) is 12.4 Å². The Morgan fingerprint density at radius 1 is 1.07 bits per heavy atom. The number of thiazole rings is 1. The standard InChI is InChI=1S/C20H13F2N3O2S/c21-13-2-3-15(19(22)18(13)20(23)26)27-10-17-25-14-9-12(1-4-16(14)28-17)11-5-7-24-8-6-11/h1-9H,10H2,(H2,23,26). The summed E-state index contributed by atoms with van der Waals surface area (Å²) in [4.78, 5) is 19.7. The molecular weight excluding hydrogens is 384 g/mol. The number of fused-ring (bicyclic) bond motifs is 1. The molecule has 28 heavy (non-hydrogen) atoms. The van der Waals surface area contributed by atoms with Crippen LogP contribution < -0.4 is 10.5 Å². The lowest BCUT2D eigenvalue weighted by molar-refractivity contribution is 0.0991. The Balaban J connectivity index is 1.58. The molecule has 0 aliphatic heterocycles. The van der Waals surface area contributed by atoms with E-state index in [2.05, 4.69) is 9.97 Å². The van der Waals surface area contributed by atoms with Crippen LogP contribution in [0.2, 0.25) is 0 Å². The summed E-state index contributed by atoms with van der Waals surface area (Å²) in [7, 11) is 0. The number of halogens is 2. The minimum absolute atomic E-state index is 0.0231. The summed E-state index contributed by atoms with van der Waals surface area (Å²) < 4.78 is 34.2. The van der Waals surface area contributed by atoms with Gasteiger partial charge in [0.1, 0.15) is 23.0 Å². The monoisotopic (exact) mass is 397 g/mol. The van der Waals surface area contributed by atoms with Crippen molar-refractivity contribution in [2.45, 2.75) is 6.61 Å². The minimum atomic E-state index is -1.19. The Morgan fingerprint density at radius 3 is 2.61 bits per heavy atom. The molecule has 0 spiro atoms. The highest BCUT2D eigenvalue weighted by Gasteiger charge is 2.19. The zero-order chi connectivity index (χ0) is 19.7. The van der Waals surface area contributed by atoms with Crippen LogP contribution in [0.5, 0.6) is 5.75 Å². The SMILES string of the molecule is NC(=O)c1c(F)ccc(OCc2nc3cc(-c4ccncc4)ccc3s2)c1F. The van der Waals surface area contributed by atoms with E-state index in [0.717, 1.165) is 33.5 Å². The molecule has 2 aromatic heterocycles. The largest absolute Gasteiger partial charge is 0.483 e. The number of carbonyl (C=O) groups excluding carboxylic acids is 1. The average Bonchev–Trinajstić information content (AvgIpc) is 3.10. The zero-order valence-electron chi connectivity index (χ0n) is 14.4. The molecule has 5 nitrogen and oxygen atoms in total. The van der Waals surface area contributed by atoms with Crippen molar-refractivity contribution in [2.75, 3.05) is 0 Å². The van der Waals surface area contributed by atoms with Crippen LogP contribution in [0.25, 0.3) is 21.3 Å². The highest BCUT2D eigenvalue weighted by molar-refractivity contribution is 7.18. The van der Waals surface area contributed by atoms with Crippen LogP contribution in [-0.4, -0.2) is 15.9 Å². The highest BCUT2D eigenvalue weighted by atomic mass is 32.1. The molecular formula is C20H13F2N3O2S. The third kappa shape index (κ3) is 3.41. The number of primary amides is 1. The highest BCUT2D eigenvalue weighted by Crippen LogP contribution is 2.29. The van der Waals surface area contributed by atoms with Gasteiger partial charge in [-0.1, -0.05) is 6.07 Å². The summed E-state index contributed by atoms with van der Waals surface area (Å²) in [5.41, 5.74) is 7.01. The number of nitrogens with zero attached hydrogens (tertiary/aromatic N) is 2. The average molecular weight is 397 g/mol. The molecule has 0 fully saturated rings. The molecule has 140 valence electrons. The lowest BCUT2D eigenvalue weighted by atomic mass is 10.1. The molecule has 4 rings (SSSR count). The zero-order valence-corrected chi connectivity index (χ0v) is 15.2. The van der Waals surface area contributed by atoms with Gasteiger partial charge in [0.05, 0.1) is 10.2 Å². The first-order chi connectivity index (χ1) is 13.5. The third-order valence-electron chi connectivity index (χ3n) is 4.10. The van der Waals surface area contributed by atoms with Crippen molar-refractivity contribution < 1.29 is 18.3 Å². The maximum Gasteiger partial charge on any atom is 0.254 e. The molecule has 0 atom stereocenters. The van der Waals surface area contributed by atoms with Gasteiger partial charge in [0, 0.05) is 12.4 Å². The van der Waals surface area contributed by atoms with E-state index in [9.17, 15) is 13.6 Å². The predicted molar refractivity (Wildman–Crippen MR) is 102 cm³/mol. The number of rotatable bonds is 5. The quantitative estimate of drug-likeness (QED) is 0.544. The number of hydrogen-bond donors (Lipinski definition) is 1. The number of nitrogens with two attached hydrogens (primary N) is 1. The van der Waals surface area contributed by atoms with Crippen molar-refractivity contribution in [1.29, 1.82) is 0 Å². The Morgan fingerprint density at radius 2 is 1.86 bits per heavy atom. The first-order valence-electron chi connectivity index (χ1n) is 8.23. The molecule has 1 amide bonds. The van der Waals surface area contributed by atoms with Gasteiger partial charge < -0.3 is 10.5 Å². The lowest BCUT2D eigenvalue weighted by Crippen LogP contribution is -2.16. The Hall–Kier alpha value is -3.39. The number of hydrogen-bond acceptors (Lipinski definition) is 5. The number of benzene rings is 2. The maximum absolute atomic E-state index is 14.2. The fourth-order valence-corrected chi connectivity index (χ4v) is 3.63. The Kier molecular flexibility index (Phi) is 4.70. The molecule has 0 saturated heterocycles. The minimum Gasteiger partial charge on any atom is -0.483 e. The van der Waals surface area contributed by atoms with E-state index in [0.29, 0.717) is 5.01 Å². The van der Waals surface area contributed by atoms with Crippen molar-refractivity contribution in [3.05, 3.63) is 77.1 Å². The van der Waals surface area contributed by atoms with Gasteiger partial charge in [0.2, 0.25) is 0 Å². The Labute approximate surface area is 162 Å². The summed E-state index contributed by atoms with van der Waals surface area (Å²) in [5.74, 6) is -3.59. The summed E-state index contributed by atoms with van der Waals surface area (Å²) in [6.07, 6.45) is 3.44. The molecule has 2 N–H and O–H groups in total. The molecule has 4 aromatic rings. The first-order valence-corrected chi connectivity index (χ1v) is 9.05. The number of pyridine rings is 1. The normalized spacial score (nSPS) is 10.9. The van der Waals surface area contributed by atoms with Crippen LogP contribution in [0.1, 0.15) is 15.4 Å². The van der Waals surface area contributed by atoms with Crippen LogP contribution >= 0.6 is 11.3 Å². The summed E-state index contributed by atoms with van der Waals surface area (Å²) in [6.45, 7) is -0.0231. The third-order valence-corrected chi connectivity index (χ3v) is 5.11. The number of aromatic nitrogens is 2. The lowest BCUT2D eigenvalue weighted by Gasteiger charge is -2.08. The summed E-state index contributed by atoms with van der Waals surface area (Å²) >= 11 is 1.40. The van der Waals surface area contributed by atoms with E-state index >= 15 is 0 Å². The second-order valence-electron chi connectivity index (χ2n) is 5.91. The van der Waals surface area contributed by atoms with Crippen LogP contribution in [0, 0.1) is 11.6 Å². The van der Waals surface area contributed by atoms with Gasteiger partial charge in [-0.25, -0.2) is 13.8 Å². The van der Waals surface area contributed by atoms with Crippen LogP contribution in [0.15, 0.2) is 54.9 Å². The van der Waals surface area contributed by atoms with Crippen LogP contribution in [-0.2, 0) is 6.61 Å². The van der Waals surface area contributed by atoms with Crippen molar-refractivity contribution in [3.63, 3.8) is 0 Å². The second kappa shape index (κ2) is 7.32. The molecule has 0 bridgehead atoms. The topological polar surface area (TPSA) is 78.1 Å². The van der Waals surface area contributed by atoms with E-state index < -0.39 is 23.1 Å². The molecule has 8 heteroatoms. The van der Waals surface area contributed by atoms with Gasteiger partial charge in [-0.3, -0.25) is 9.78 Å². The number of carbonyl (C=O) groups is 1. The van der Waals surface area contributed by atoms with Gasteiger partial charge in [0.15, 0.2) is 11.6 Å². The van der Waals surface area contributed by atoms with Gasteiger partial charge >= 0.3 is 0 Å². The summed E-state index contributed by atoms with van der Waals surface area (Å²) in [5, 5.41) is 0.617. The van der Waals surface area contributed by atoms with Gasteiger partial charge in [-0.15, -0.1) is 11.3 Å². The smallest absolute Gasteiger partial charge is 0.254 e. The van der Waals surface area contributed by atoms with Crippen molar-refractivity contribution in [2.24, 2.45) is 5.73 Å². The molecule has 0 aliphatic carbocycles.